The highest BCUT2D eigenvalue weighted by Crippen LogP contribution is 2.20. The predicted molar refractivity (Wildman–Crippen MR) is 85.8 cm³/mol. The van der Waals surface area contributed by atoms with Gasteiger partial charge in [-0.1, -0.05) is 15.9 Å². The number of carbonyl (C=O) groups is 1. The molecule has 0 bridgehead atoms. The summed E-state index contributed by atoms with van der Waals surface area (Å²) < 4.78 is 26.2. The maximum Gasteiger partial charge on any atom is 0.253 e. The van der Waals surface area contributed by atoms with Crippen molar-refractivity contribution in [2.75, 3.05) is 19.3 Å². The first-order valence-electron chi connectivity index (χ1n) is 6.79. The van der Waals surface area contributed by atoms with Crippen LogP contribution in [0.2, 0.25) is 0 Å². The molecule has 1 amide bonds. The van der Waals surface area contributed by atoms with Crippen LogP contribution in [0.15, 0.2) is 22.7 Å². The maximum absolute atomic E-state index is 12.5. The van der Waals surface area contributed by atoms with Crippen molar-refractivity contribution in [2.24, 2.45) is 0 Å². The van der Waals surface area contributed by atoms with E-state index in [1.807, 2.05) is 19.1 Å². The number of rotatable bonds is 3. The highest BCUT2D eigenvalue weighted by Gasteiger charge is 2.26. The van der Waals surface area contributed by atoms with E-state index in [2.05, 4.69) is 20.7 Å². The third-order valence-electron chi connectivity index (χ3n) is 3.49. The van der Waals surface area contributed by atoms with E-state index in [1.165, 1.54) is 0 Å². The molecule has 1 unspecified atom stereocenters. The van der Waals surface area contributed by atoms with Gasteiger partial charge in [-0.3, -0.25) is 4.79 Å². The number of nitrogens with one attached hydrogen (secondary N) is 1. The predicted octanol–water partition coefficient (Wildman–Crippen LogP) is 1.91. The molecule has 1 aliphatic rings. The second-order valence-electron chi connectivity index (χ2n) is 5.44. The van der Waals surface area contributed by atoms with Gasteiger partial charge >= 0.3 is 0 Å². The van der Waals surface area contributed by atoms with Crippen LogP contribution in [0.25, 0.3) is 0 Å². The van der Waals surface area contributed by atoms with E-state index in [1.54, 1.807) is 11.0 Å². The molecule has 0 aliphatic carbocycles. The minimum absolute atomic E-state index is 0.0504. The van der Waals surface area contributed by atoms with Crippen molar-refractivity contribution in [2.45, 2.75) is 25.8 Å². The first kappa shape index (κ1) is 16.5. The van der Waals surface area contributed by atoms with E-state index >= 15 is 0 Å². The number of sulfonamides is 1. The Kier molecular flexibility index (Phi) is 5.06. The van der Waals surface area contributed by atoms with Gasteiger partial charge in [-0.2, -0.15) is 0 Å². The van der Waals surface area contributed by atoms with Gasteiger partial charge in [0.25, 0.3) is 5.91 Å². The zero-order valence-corrected chi connectivity index (χ0v) is 14.5. The number of benzene rings is 1. The zero-order valence-electron chi connectivity index (χ0n) is 12.1. The average Bonchev–Trinajstić information content (AvgIpc) is 2.39. The molecule has 21 heavy (non-hydrogen) atoms. The number of carbonyl (C=O) groups excluding carboxylic acids is 1. The molecule has 0 aromatic heterocycles. The fourth-order valence-electron chi connectivity index (χ4n) is 2.52. The largest absolute Gasteiger partial charge is 0.337 e. The van der Waals surface area contributed by atoms with Crippen LogP contribution in [0.3, 0.4) is 0 Å². The van der Waals surface area contributed by atoms with Crippen molar-refractivity contribution in [1.82, 2.24) is 9.62 Å². The summed E-state index contributed by atoms with van der Waals surface area (Å²) >= 11 is 3.42. The Hall–Kier alpha value is -0.920. The van der Waals surface area contributed by atoms with Crippen LogP contribution in [-0.4, -0.2) is 44.6 Å². The Morgan fingerprint density at radius 3 is 2.76 bits per heavy atom. The van der Waals surface area contributed by atoms with Crippen LogP contribution in [0, 0.1) is 6.92 Å². The molecule has 1 aromatic rings. The van der Waals surface area contributed by atoms with E-state index < -0.39 is 10.0 Å². The third-order valence-corrected chi connectivity index (χ3v) is 5.15. The lowest BCUT2D eigenvalue weighted by Gasteiger charge is -2.32. The van der Waals surface area contributed by atoms with Gasteiger partial charge in [-0.25, -0.2) is 13.1 Å². The summed E-state index contributed by atoms with van der Waals surface area (Å²) in [6.45, 7) is 3.02. The number of nitrogens with zero attached hydrogens (tertiary/aromatic N) is 1. The summed E-state index contributed by atoms with van der Waals surface area (Å²) in [6, 6.07) is 5.29. The molecule has 1 N–H and O–H groups in total. The molecule has 1 aliphatic heterocycles. The van der Waals surface area contributed by atoms with Crippen molar-refractivity contribution in [3.63, 3.8) is 0 Å². The van der Waals surface area contributed by atoms with Gasteiger partial charge in [0.2, 0.25) is 10.0 Å². The number of piperidine rings is 1. The van der Waals surface area contributed by atoms with Crippen molar-refractivity contribution < 1.29 is 13.2 Å². The summed E-state index contributed by atoms with van der Waals surface area (Å²) in [6.07, 6.45) is 2.70. The minimum Gasteiger partial charge on any atom is -0.337 e. The molecule has 1 heterocycles. The topological polar surface area (TPSA) is 66.5 Å². The van der Waals surface area contributed by atoms with Gasteiger partial charge in [-0.15, -0.1) is 0 Å². The number of amides is 1. The van der Waals surface area contributed by atoms with Gasteiger partial charge < -0.3 is 4.90 Å². The fourth-order valence-corrected chi connectivity index (χ4v) is 3.57. The number of halogens is 1. The summed E-state index contributed by atoms with van der Waals surface area (Å²) in [5, 5.41) is 0. The Morgan fingerprint density at radius 2 is 2.14 bits per heavy atom. The van der Waals surface area contributed by atoms with Crippen molar-refractivity contribution in [3.8, 4) is 0 Å². The van der Waals surface area contributed by atoms with Gasteiger partial charge in [0.1, 0.15) is 0 Å². The quantitative estimate of drug-likeness (QED) is 0.878. The molecule has 5 nitrogen and oxygen atoms in total. The van der Waals surface area contributed by atoms with E-state index in [0.717, 1.165) is 29.1 Å². The average molecular weight is 375 g/mol. The standard InChI is InChI=1S/C14H19BrN2O3S/c1-10-8-11(5-6-13(10)15)14(18)17-7-3-4-12(9-17)16-21(2,19)20/h5-6,8,12,16H,3-4,7,9H2,1-2H3. The molecular weight excluding hydrogens is 356 g/mol. The molecule has 1 aromatic carbocycles. The second-order valence-corrected chi connectivity index (χ2v) is 8.08. The molecule has 1 fully saturated rings. The van der Waals surface area contributed by atoms with Crippen LogP contribution in [0.5, 0.6) is 0 Å². The van der Waals surface area contributed by atoms with Crippen molar-refractivity contribution in [1.29, 1.82) is 0 Å². The first-order chi connectivity index (χ1) is 9.76. The van der Waals surface area contributed by atoms with E-state index in [0.29, 0.717) is 18.7 Å². The molecule has 2 rings (SSSR count). The van der Waals surface area contributed by atoms with Crippen molar-refractivity contribution >= 4 is 31.9 Å². The SMILES string of the molecule is Cc1cc(C(=O)N2CCCC(NS(C)(=O)=O)C2)ccc1Br. The van der Waals surface area contributed by atoms with E-state index in [9.17, 15) is 13.2 Å². The molecule has 116 valence electrons. The van der Waals surface area contributed by atoms with Crippen LogP contribution in [0.4, 0.5) is 0 Å². The first-order valence-corrected chi connectivity index (χ1v) is 9.47. The number of aryl methyl sites for hydroxylation is 1. The number of hydrogen-bond acceptors (Lipinski definition) is 3. The highest BCUT2D eigenvalue weighted by atomic mass is 79.9. The van der Waals surface area contributed by atoms with Crippen LogP contribution >= 0.6 is 15.9 Å². The number of likely N-dealkylation sites (tertiary alicyclic amines) is 1. The Labute approximate surface area is 133 Å². The van der Waals surface area contributed by atoms with Crippen LogP contribution in [0.1, 0.15) is 28.8 Å². The molecule has 0 saturated carbocycles. The highest BCUT2D eigenvalue weighted by molar-refractivity contribution is 9.10. The van der Waals surface area contributed by atoms with Crippen LogP contribution < -0.4 is 4.72 Å². The monoisotopic (exact) mass is 374 g/mol. The van der Waals surface area contributed by atoms with Gasteiger partial charge in [0.15, 0.2) is 0 Å². The Bertz CT molecular complexity index is 646. The van der Waals surface area contributed by atoms with E-state index in [4.69, 9.17) is 0 Å². The van der Waals surface area contributed by atoms with Crippen LogP contribution in [-0.2, 0) is 10.0 Å². The zero-order chi connectivity index (χ0) is 15.6. The maximum atomic E-state index is 12.5. The molecule has 1 saturated heterocycles. The molecule has 7 heteroatoms. The van der Waals surface area contributed by atoms with E-state index in [-0.39, 0.29) is 11.9 Å². The molecule has 0 spiro atoms. The fraction of sp³-hybridized carbons (Fsp3) is 0.500. The Morgan fingerprint density at radius 1 is 1.43 bits per heavy atom. The lowest BCUT2D eigenvalue weighted by Crippen LogP contribution is -2.49. The summed E-state index contributed by atoms with van der Waals surface area (Å²) in [5.41, 5.74) is 1.64. The smallest absolute Gasteiger partial charge is 0.253 e. The lowest BCUT2D eigenvalue weighted by molar-refractivity contribution is 0.0703. The molecule has 0 radical (unpaired) electrons. The summed E-state index contributed by atoms with van der Waals surface area (Å²) in [7, 11) is -3.24. The third kappa shape index (κ3) is 4.52. The summed E-state index contributed by atoms with van der Waals surface area (Å²) in [5.74, 6) is -0.0504. The van der Waals surface area contributed by atoms with Gasteiger partial charge in [0, 0.05) is 29.2 Å². The molecular formula is C14H19BrN2O3S. The van der Waals surface area contributed by atoms with Gasteiger partial charge in [-0.05, 0) is 43.5 Å². The normalized spacial score (nSPS) is 19.6. The Balaban J connectivity index is 2.10. The van der Waals surface area contributed by atoms with Crippen molar-refractivity contribution in [3.05, 3.63) is 33.8 Å². The number of hydrogen-bond donors (Lipinski definition) is 1. The minimum atomic E-state index is -3.24. The van der Waals surface area contributed by atoms with Gasteiger partial charge in [0.05, 0.1) is 6.26 Å². The second kappa shape index (κ2) is 6.46. The molecule has 1 atom stereocenters. The summed E-state index contributed by atoms with van der Waals surface area (Å²) in [4.78, 5) is 14.2. The lowest BCUT2D eigenvalue weighted by atomic mass is 10.0.